The molecule has 23 heavy (non-hydrogen) atoms. The quantitative estimate of drug-likeness (QED) is 0.535. The molecule has 0 amide bonds. The Labute approximate surface area is 178 Å². The zero-order valence-corrected chi connectivity index (χ0v) is 17.7. The van der Waals surface area contributed by atoms with E-state index in [-0.39, 0.29) is 61.2 Å². The number of rotatable bonds is 2. The average molecular weight is 383 g/mol. The Hall–Kier alpha value is -0.104. The van der Waals surface area contributed by atoms with Crippen LogP contribution in [0.3, 0.4) is 0 Å². The van der Waals surface area contributed by atoms with E-state index in [1.807, 2.05) is 13.8 Å². The van der Waals surface area contributed by atoms with Crippen molar-refractivity contribution in [2.75, 3.05) is 0 Å². The van der Waals surface area contributed by atoms with E-state index in [0.717, 1.165) is 11.1 Å². The zero-order chi connectivity index (χ0) is 17.0. The average Bonchev–Trinajstić information content (AvgIpc) is 2.38. The van der Waals surface area contributed by atoms with Gasteiger partial charge in [0.2, 0.25) is 0 Å². The van der Waals surface area contributed by atoms with Gasteiger partial charge in [0.15, 0.2) is 0 Å². The second-order valence-electron chi connectivity index (χ2n) is 4.56. The predicted octanol–water partition coefficient (Wildman–Crippen LogP) is -0.855. The first kappa shape index (κ1) is 22.9. The molecule has 0 aliphatic rings. The first-order valence-corrected chi connectivity index (χ1v) is 8.92. The minimum Gasteiger partial charge on any atom is -0.744 e. The van der Waals surface area contributed by atoms with Crippen LogP contribution in [-0.2, 0) is 20.2 Å². The summed E-state index contributed by atoms with van der Waals surface area (Å²) >= 11 is 0. The molecule has 2 rings (SSSR count). The molecule has 2 aromatic carbocycles. The molecule has 9 heteroatoms. The van der Waals surface area contributed by atoms with Crippen LogP contribution in [0.15, 0.2) is 58.3 Å². The van der Waals surface area contributed by atoms with Crippen LogP contribution in [0.1, 0.15) is 11.1 Å². The monoisotopic (exact) mass is 382 g/mol. The van der Waals surface area contributed by atoms with Crippen molar-refractivity contribution in [2.45, 2.75) is 23.6 Å². The molecule has 1 N–H and O–H groups in total. The molecule has 2 aromatic rings. The Bertz CT molecular complexity index is 752. The van der Waals surface area contributed by atoms with E-state index in [4.69, 9.17) is 4.55 Å². The van der Waals surface area contributed by atoms with Gasteiger partial charge in [-0.2, -0.15) is 8.42 Å². The molecule has 0 heterocycles. The molecule has 0 unspecified atom stereocenters. The molecule has 0 aliphatic carbocycles. The summed E-state index contributed by atoms with van der Waals surface area (Å²) in [5.74, 6) is 0. The van der Waals surface area contributed by atoms with Gasteiger partial charge in [-0.15, -0.1) is 0 Å². The van der Waals surface area contributed by atoms with Gasteiger partial charge in [0.05, 0.1) is 9.79 Å². The van der Waals surface area contributed by atoms with Gasteiger partial charge >= 0.3 is 51.4 Å². The molecular weight excluding hydrogens is 367 g/mol. The van der Waals surface area contributed by atoms with Crippen LogP contribution in [-0.4, -0.2) is 25.9 Å². The number of hydrogen-bond acceptors (Lipinski definition) is 5. The SMILES string of the molecule is Cc1ccc(S(=O)(=O)O)cc1.Cc1ccc(S(=O)(=O)[O-])cc1.[K+]. The van der Waals surface area contributed by atoms with Crippen LogP contribution >= 0.6 is 0 Å². The van der Waals surface area contributed by atoms with Crippen molar-refractivity contribution in [3.63, 3.8) is 0 Å². The van der Waals surface area contributed by atoms with Crippen molar-refractivity contribution in [2.24, 2.45) is 0 Å². The molecule has 0 fully saturated rings. The molecule has 0 radical (unpaired) electrons. The van der Waals surface area contributed by atoms with Crippen molar-refractivity contribution in [3.8, 4) is 0 Å². The Balaban J connectivity index is 0.000000403. The molecule has 6 nitrogen and oxygen atoms in total. The molecule has 0 bridgehead atoms. The number of hydrogen-bond donors (Lipinski definition) is 1. The fraction of sp³-hybridized carbons (Fsp3) is 0.143. The van der Waals surface area contributed by atoms with Gasteiger partial charge in [-0.3, -0.25) is 4.55 Å². The van der Waals surface area contributed by atoms with E-state index < -0.39 is 20.2 Å². The topological polar surface area (TPSA) is 112 Å². The zero-order valence-electron chi connectivity index (χ0n) is 12.9. The second-order valence-corrected chi connectivity index (χ2v) is 7.36. The Morgan fingerprint density at radius 2 is 1.04 bits per heavy atom. The summed E-state index contributed by atoms with van der Waals surface area (Å²) in [4.78, 5) is -0.244. The smallest absolute Gasteiger partial charge is 0.744 e. The molecule has 0 aliphatic heterocycles. The normalized spacial score (nSPS) is 11.0. The first-order valence-electron chi connectivity index (χ1n) is 6.07. The molecule has 0 aromatic heterocycles. The van der Waals surface area contributed by atoms with Crippen molar-refractivity contribution in [1.29, 1.82) is 0 Å². The third-order valence-electron chi connectivity index (χ3n) is 2.63. The first-order chi connectivity index (χ1) is 10.00. The van der Waals surface area contributed by atoms with Crippen LogP contribution in [0.2, 0.25) is 0 Å². The van der Waals surface area contributed by atoms with E-state index in [9.17, 15) is 21.4 Å². The fourth-order valence-electron chi connectivity index (χ4n) is 1.42. The third-order valence-corrected chi connectivity index (χ3v) is 4.35. The fourth-order valence-corrected chi connectivity index (χ4v) is 2.36. The maximum absolute atomic E-state index is 10.5. The van der Waals surface area contributed by atoms with Gasteiger partial charge < -0.3 is 4.55 Å². The summed E-state index contributed by atoms with van der Waals surface area (Å²) in [5, 5.41) is 0. The van der Waals surface area contributed by atoms with Gasteiger partial charge in [0.1, 0.15) is 10.1 Å². The predicted molar refractivity (Wildman–Crippen MR) is 80.1 cm³/mol. The Morgan fingerprint density at radius 1 is 0.739 bits per heavy atom. The molecule has 0 saturated carbocycles. The van der Waals surface area contributed by atoms with Crippen LogP contribution < -0.4 is 51.4 Å². The molecule has 120 valence electrons. The number of aryl methyl sites for hydroxylation is 2. The molecular formula is C14H15KO6S2. The summed E-state index contributed by atoms with van der Waals surface area (Å²) in [6.07, 6.45) is 0. The van der Waals surface area contributed by atoms with E-state index in [2.05, 4.69) is 0 Å². The van der Waals surface area contributed by atoms with Crippen molar-refractivity contribution < 1.29 is 77.3 Å². The summed E-state index contributed by atoms with van der Waals surface area (Å²) in [6.45, 7) is 3.66. The largest absolute Gasteiger partial charge is 1.00 e. The van der Waals surface area contributed by atoms with E-state index in [1.54, 1.807) is 24.3 Å². The number of benzene rings is 2. The van der Waals surface area contributed by atoms with Gasteiger partial charge in [0.25, 0.3) is 10.1 Å². The Kier molecular flexibility index (Phi) is 9.36. The van der Waals surface area contributed by atoms with Gasteiger partial charge in [-0.1, -0.05) is 35.4 Å². The summed E-state index contributed by atoms with van der Waals surface area (Å²) in [5.41, 5.74) is 1.88. The van der Waals surface area contributed by atoms with Crippen molar-refractivity contribution >= 4 is 20.2 Å². The third kappa shape index (κ3) is 8.52. The van der Waals surface area contributed by atoms with E-state index in [0.29, 0.717) is 0 Å². The van der Waals surface area contributed by atoms with Crippen LogP contribution in [0.5, 0.6) is 0 Å². The van der Waals surface area contributed by atoms with E-state index in [1.165, 1.54) is 24.3 Å². The summed E-state index contributed by atoms with van der Waals surface area (Å²) in [6, 6.07) is 11.8. The second kappa shape index (κ2) is 9.40. The van der Waals surface area contributed by atoms with Crippen LogP contribution in [0.4, 0.5) is 0 Å². The summed E-state index contributed by atoms with van der Waals surface area (Å²) in [7, 11) is -8.29. The minimum atomic E-state index is -4.27. The standard InChI is InChI=1S/2C7H8O3S.K/c2*1-6-2-4-7(5-3-6)11(8,9)10;/h2*2-5H,1H3,(H,8,9,10);/q;;+1/p-1. The molecule has 0 saturated heterocycles. The summed E-state index contributed by atoms with van der Waals surface area (Å²) < 4.78 is 60.7. The Morgan fingerprint density at radius 3 is 1.30 bits per heavy atom. The van der Waals surface area contributed by atoms with Crippen LogP contribution in [0.25, 0.3) is 0 Å². The van der Waals surface area contributed by atoms with Gasteiger partial charge in [-0.25, -0.2) is 8.42 Å². The van der Waals surface area contributed by atoms with E-state index >= 15 is 0 Å². The van der Waals surface area contributed by atoms with Gasteiger partial charge in [-0.05, 0) is 38.1 Å². The van der Waals surface area contributed by atoms with Crippen molar-refractivity contribution in [1.82, 2.24) is 0 Å². The van der Waals surface area contributed by atoms with Crippen LogP contribution in [0, 0.1) is 13.8 Å². The van der Waals surface area contributed by atoms with Crippen molar-refractivity contribution in [3.05, 3.63) is 59.7 Å². The molecule has 0 spiro atoms. The maximum Gasteiger partial charge on any atom is 1.00 e. The minimum absolute atomic E-state index is 0. The maximum atomic E-state index is 10.5. The van der Waals surface area contributed by atoms with Gasteiger partial charge in [0, 0.05) is 0 Å². The molecule has 0 atom stereocenters.